The predicted molar refractivity (Wildman–Crippen MR) is 112 cm³/mol. The predicted octanol–water partition coefficient (Wildman–Crippen LogP) is 4.80. The van der Waals surface area contributed by atoms with Crippen LogP contribution in [0.4, 0.5) is 17.2 Å². The molecular weight excluding hydrogens is 352 g/mol. The average Bonchev–Trinajstić information content (AvgIpc) is 2.65. The second kappa shape index (κ2) is 8.52. The van der Waals surface area contributed by atoms with E-state index >= 15 is 0 Å². The van der Waals surface area contributed by atoms with Crippen molar-refractivity contribution in [2.75, 3.05) is 17.2 Å². The molecule has 0 aliphatic rings. The standard InChI is InChI=1S/C22H24N4O2/c1-5-28-18-9-7-17(8-10-18)25-22(27)20-13-21(24-16(4)23-20)26-19-11-6-14(2)12-15(19)3/h6-13H,5H2,1-4H3,(H,25,27)(H,23,24,26). The van der Waals surface area contributed by atoms with E-state index in [9.17, 15) is 4.79 Å². The van der Waals surface area contributed by atoms with Crippen molar-refractivity contribution in [2.24, 2.45) is 0 Å². The molecule has 2 aromatic carbocycles. The number of aromatic nitrogens is 2. The third-order valence-corrected chi connectivity index (χ3v) is 4.14. The molecule has 0 spiro atoms. The summed E-state index contributed by atoms with van der Waals surface area (Å²) < 4.78 is 5.41. The van der Waals surface area contributed by atoms with Gasteiger partial charge in [0, 0.05) is 17.4 Å². The fraction of sp³-hybridized carbons (Fsp3) is 0.227. The zero-order valence-corrected chi connectivity index (χ0v) is 16.5. The van der Waals surface area contributed by atoms with E-state index in [0.717, 1.165) is 17.0 Å². The summed E-state index contributed by atoms with van der Waals surface area (Å²) in [6.07, 6.45) is 0. The van der Waals surface area contributed by atoms with Gasteiger partial charge in [0.25, 0.3) is 5.91 Å². The Morgan fingerprint density at radius 3 is 2.43 bits per heavy atom. The number of ether oxygens (including phenoxy) is 1. The lowest BCUT2D eigenvalue weighted by Crippen LogP contribution is -2.15. The van der Waals surface area contributed by atoms with Crippen LogP contribution >= 0.6 is 0 Å². The number of carbonyl (C=O) groups is 1. The number of rotatable bonds is 6. The minimum atomic E-state index is -0.293. The quantitative estimate of drug-likeness (QED) is 0.646. The smallest absolute Gasteiger partial charge is 0.274 e. The first kappa shape index (κ1) is 19.4. The van der Waals surface area contributed by atoms with Gasteiger partial charge in [0.05, 0.1) is 6.61 Å². The molecule has 1 aromatic heterocycles. The van der Waals surface area contributed by atoms with Gasteiger partial charge in [0.2, 0.25) is 0 Å². The molecule has 1 heterocycles. The van der Waals surface area contributed by atoms with Gasteiger partial charge >= 0.3 is 0 Å². The normalized spacial score (nSPS) is 10.4. The van der Waals surface area contributed by atoms with Gasteiger partial charge in [0.15, 0.2) is 0 Å². The van der Waals surface area contributed by atoms with Crippen LogP contribution in [0.2, 0.25) is 0 Å². The van der Waals surface area contributed by atoms with Crippen LogP contribution in [0.1, 0.15) is 34.4 Å². The molecule has 0 aliphatic heterocycles. The van der Waals surface area contributed by atoms with Crippen molar-refractivity contribution in [1.82, 2.24) is 9.97 Å². The molecule has 0 aliphatic carbocycles. The van der Waals surface area contributed by atoms with Crippen LogP contribution in [0, 0.1) is 20.8 Å². The third-order valence-electron chi connectivity index (χ3n) is 4.14. The van der Waals surface area contributed by atoms with E-state index < -0.39 is 0 Å². The summed E-state index contributed by atoms with van der Waals surface area (Å²) in [5.74, 6) is 1.57. The van der Waals surface area contributed by atoms with Crippen LogP contribution < -0.4 is 15.4 Å². The number of aryl methyl sites for hydroxylation is 3. The number of amides is 1. The topological polar surface area (TPSA) is 76.1 Å². The Balaban J connectivity index is 1.77. The Labute approximate surface area is 165 Å². The molecule has 0 fully saturated rings. The van der Waals surface area contributed by atoms with Crippen LogP contribution in [-0.2, 0) is 0 Å². The molecule has 0 unspecified atom stereocenters. The summed E-state index contributed by atoms with van der Waals surface area (Å²) in [6, 6.07) is 15.0. The van der Waals surface area contributed by atoms with Crippen LogP contribution in [-0.4, -0.2) is 22.5 Å². The Bertz CT molecular complexity index is 984. The van der Waals surface area contributed by atoms with Gasteiger partial charge in [-0.3, -0.25) is 4.79 Å². The van der Waals surface area contributed by atoms with Gasteiger partial charge in [-0.25, -0.2) is 9.97 Å². The van der Waals surface area contributed by atoms with E-state index in [1.165, 1.54) is 5.56 Å². The number of carbonyl (C=O) groups excluding carboxylic acids is 1. The second-order valence-corrected chi connectivity index (χ2v) is 6.54. The minimum Gasteiger partial charge on any atom is -0.494 e. The van der Waals surface area contributed by atoms with Crippen LogP contribution in [0.25, 0.3) is 0 Å². The molecule has 6 heteroatoms. The summed E-state index contributed by atoms with van der Waals surface area (Å²) in [7, 11) is 0. The molecule has 0 bridgehead atoms. The maximum Gasteiger partial charge on any atom is 0.274 e. The monoisotopic (exact) mass is 376 g/mol. The van der Waals surface area contributed by atoms with Gasteiger partial charge in [0.1, 0.15) is 23.1 Å². The van der Waals surface area contributed by atoms with E-state index in [0.29, 0.717) is 29.6 Å². The van der Waals surface area contributed by atoms with E-state index in [2.05, 4.69) is 33.6 Å². The highest BCUT2D eigenvalue weighted by molar-refractivity contribution is 6.03. The molecule has 3 aromatic rings. The first-order chi connectivity index (χ1) is 13.4. The molecular formula is C22H24N4O2. The fourth-order valence-electron chi connectivity index (χ4n) is 2.84. The lowest BCUT2D eigenvalue weighted by Gasteiger charge is -2.12. The van der Waals surface area contributed by atoms with Crippen molar-refractivity contribution >= 4 is 23.1 Å². The highest BCUT2D eigenvalue weighted by atomic mass is 16.5. The maximum atomic E-state index is 12.6. The SMILES string of the molecule is CCOc1ccc(NC(=O)c2cc(Nc3ccc(C)cc3C)nc(C)n2)cc1. The molecule has 0 saturated heterocycles. The Morgan fingerprint density at radius 1 is 1.00 bits per heavy atom. The van der Waals surface area contributed by atoms with Crippen LogP contribution in [0.3, 0.4) is 0 Å². The highest BCUT2D eigenvalue weighted by Gasteiger charge is 2.12. The maximum absolute atomic E-state index is 12.6. The van der Waals surface area contributed by atoms with Crippen molar-refractivity contribution in [3.05, 3.63) is 71.2 Å². The van der Waals surface area contributed by atoms with Crippen molar-refractivity contribution in [2.45, 2.75) is 27.7 Å². The van der Waals surface area contributed by atoms with Gasteiger partial charge in [-0.2, -0.15) is 0 Å². The summed E-state index contributed by atoms with van der Waals surface area (Å²) in [5.41, 5.74) is 4.22. The second-order valence-electron chi connectivity index (χ2n) is 6.54. The third kappa shape index (κ3) is 4.85. The largest absolute Gasteiger partial charge is 0.494 e. The zero-order valence-electron chi connectivity index (χ0n) is 16.5. The summed E-state index contributed by atoms with van der Waals surface area (Å²) >= 11 is 0. The average molecular weight is 376 g/mol. The van der Waals surface area contributed by atoms with Crippen molar-refractivity contribution in [3.63, 3.8) is 0 Å². The molecule has 3 rings (SSSR count). The van der Waals surface area contributed by atoms with Gasteiger partial charge in [-0.05, 0) is 63.6 Å². The molecule has 144 valence electrons. The van der Waals surface area contributed by atoms with Gasteiger partial charge < -0.3 is 15.4 Å². The molecule has 28 heavy (non-hydrogen) atoms. The van der Waals surface area contributed by atoms with E-state index in [4.69, 9.17) is 4.74 Å². The van der Waals surface area contributed by atoms with Crippen LogP contribution in [0.15, 0.2) is 48.5 Å². The molecule has 2 N–H and O–H groups in total. The van der Waals surface area contributed by atoms with E-state index in [1.807, 2.05) is 38.1 Å². The van der Waals surface area contributed by atoms with Crippen molar-refractivity contribution in [3.8, 4) is 5.75 Å². The van der Waals surface area contributed by atoms with Crippen molar-refractivity contribution < 1.29 is 9.53 Å². The first-order valence-electron chi connectivity index (χ1n) is 9.19. The Hall–Kier alpha value is -3.41. The Kier molecular flexibility index (Phi) is 5.89. The van der Waals surface area contributed by atoms with E-state index in [1.54, 1.807) is 25.1 Å². The number of nitrogens with zero attached hydrogens (tertiary/aromatic N) is 2. The zero-order chi connectivity index (χ0) is 20.1. The highest BCUT2D eigenvalue weighted by Crippen LogP contribution is 2.21. The number of benzene rings is 2. The molecule has 0 radical (unpaired) electrons. The summed E-state index contributed by atoms with van der Waals surface area (Å²) in [4.78, 5) is 21.3. The molecule has 0 saturated carbocycles. The molecule has 6 nitrogen and oxygen atoms in total. The summed E-state index contributed by atoms with van der Waals surface area (Å²) in [6.45, 7) is 8.37. The number of nitrogens with one attached hydrogen (secondary N) is 2. The summed E-state index contributed by atoms with van der Waals surface area (Å²) in [5, 5.41) is 6.13. The van der Waals surface area contributed by atoms with Gasteiger partial charge in [-0.1, -0.05) is 17.7 Å². The molecule has 0 atom stereocenters. The molecule has 1 amide bonds. The fourth-order valence-corrected chi connectivity index (χ4v) is 2.84. The lowest BCUT2D eigenvalue weighted by atomic mass is 10.1. The minimum absolute atomic E-state index is 0.293. The number of hydrogen-bond donors (Lipinski definition) is 2. The Morgan fingerprint density at radius 2 is 1.75 bits per heavy atom. The van der Waals surface area contributed by atoms with Crippen LogP contribution in [0.5, 0.6) is 5.75 Å². The van der Waals surface area contributed by atoms with E-state index in [-0.39, 0.29) is 5.91 Å². The van der Waals surface area contributed by atoms with Gasteiger partial charge in [-0.15, -0.1) is 0 Å². The first-order valence-corrected chi connectivity index (χ1v) is 9.19. The van der Waals surface area contributed by atoms with Crippen molar-refractivity contribution in [1.29, 1.82) is 0 Å². The number of anilines is 3. The number of hydrogen-bond acceptors (Lipinski definition) is 5. The lowest BCUT2D eigenvalue weighted by molar-refractivity contribution is 0.102.